The fourth-order valence-corrected chi connectivity index (χ4v) is 3.43. The quantitative estimate of drug-likeness (QED) is 0.466. The molecule has 4 nitrogen and oxygen atoms in total. The number of rotatable bonds is 5. The molecule has 148 valence electrons. The van der Waals surface area contributed by atoms with Crippen molar-refractivity contribution in [3.05, 3.63) is 117 Å². The van der Waals surface area contributed by atoms with Crippen molar-refractivity contribution in [2.45, 2.75) is 6.54 Å². The first-order valence-corrected chi connectivity index (χ1v) is 9.90. The van der Waals surface area contributed by atoms with Gasteiger partial charge in [-0.25, -0.2) is 0 Å². The molecular formula is C25H19ClN2O2. The van der Waals surface area contributed by atoms with Gasteiger partial charge in [0.2, 0.25) is 0 Å². The van der Waals surface area contributed by atoms with E-state index in [1.807, 2.05) is 66.7 Å². The van der Waals surface area contributed by atoms with Gasteiger partial charge < -0.3 is 10.3 Å². The van der Waals surface area contributed by atoms with E-state index in [1.165, 1.54) is 0 Å². The summed E-state index contributed by atoms with van der Waals surface area (Å²) in [7, 11) is 0. The number of nitrogens with one attached hydrogen (secondary N) is 2. The third-order valence-corrected chi connectivity index (χ3v) is 5.03. The molecule has 0 saturated carbocycles. The van der Waals surface area contributed by atoms with Crippen LogP contribution in [0, 0.1) is 0 Å². The first-order chi connectivity index (χ1) is 14.6. The van der Waals surface area contributed by atoms with Crippen LogP contribution in [0.2, 0.25) is 5.02 Å². The summed E-state index contributed by atoms with van der Waals surface area (Å²) in [6.07, 6.45) is 0. The van der Waals surface area contributed by atoms with Crippen LogP contribution in [0.15, 0.2) is 95.8 Å². The fourth-order valence-electron chi connectivity index (χ4n) is 3.22. The largest absolute Gasteiger partial charge is 0.348 e. The summed E-state index contributed by atoms with van der Waals surface area (Å²) < 4.78 is 0. The molecular weight excluding hydrogens is 396 g/mol. The highest BCUT2D eigenvalue weighted by Gasteiger charge is 2.11. The topological polar surface area (TPSA) is 62.0 Å². The van der Waals surface area contributed by atoms with Crippen molar-refractivity contribution in [3.63, 3.8) is 0 Å². The zero-order valence-corrected chi connectivity index (χ0v) is 16.8. The Balaban J connectivity index is 1.49. The molecule has 4 aromatic rings. The number of pyridine rings is 1. The third kappa shape index (κ3) is 4.50. The first-order valence-electron chi connectivity index (χ1n) is 9.52. The fraction of sp³-hybridized carbons (Fsp3) is 0.0400. The number of carbonyl (C=O) groups is 1. The first kappa shape index (κ1) is 19.7. The van der Waals surface area contributed by atoms with Crippen LogP contribution in [0.4, 0.5) is 0 Å². The minimum atomic E-state index is -0.429. The predicted octanol–water partition coefficient (Wildman–Crippen LogP) is 5.29. The summed E-state index contributed by atoms with van der Waals surface area (Å²) in [4.78, 5) is 27.7. The van der Waals surface area contributed by atoms with Crippen LogP contribution in [0.5, 0.6) is 0 Å². The zero-order valence-electron chi connectivity index (χ0n) is 16.1. The van der Waals surface area contributed by atoms with Crippen LogP contribution in [-0.2, 0) is 6.54 Å². The number of amides is 1. The number of carbonyl (C=O) groups excluding carboxylic acids is 1. The third-order valence-electron chi connectivity index (χ3n) is 4.80. The smallest absolute Gasteiger partial charge is 0.261 e. The highest BCUT2D eigenvalue weighted by molar-refractivity contribution is 6.30. The molecule has 0 radical (unpaired) electrons. The van der Waals surface area contributed by atoms with E-state index in [-0.39, 0.29) is 5.56 Å². The molecule has 0 aliphatic rings. The standard InChI is InChI=1S/C25H19ClN2O2/c26-21-8-4-5-17(15-21)16-27-24(29)22-13-14-23(28-25(22)30)20-11-9-19(10-12-20)18-6-2-1-3-7-18/h1-15H,16H2,(H,27,29)(H,28,30). The monoisotopic (exact) mass is 414 g/mol. The Bertz CT molecular complexity index is 1230. The molecule has 1 amide bonds. The van der Waals surface area contributed by atoms with E-state index in [9.17, 15) is 9.59 Å². The number of benzene rings is 3. The molecule has 0 spiro atoms. The highest BCUT2D eigenvalue weighted by atomic mass is 35.5. The second kappa shape index (κ2) is 8.80. The van der Waals surface area contributed by atoms with E-state index in [2.05, 4.69) is 10.3 Å². The normalized spacial score (nSPS) is 10.6. The molecule has 1 heterocycles. The van der Waals surface area contributed by atoms with Gasteiger partial charge in [-0.2, -0.15) is 0 Å². The molecule has 4 rings (SSSR count). The predicted molar refractivity (Wildman–Crippen MR) is 121 cm³/mol. The van der Waals surface area contributed by atoms with Crippen molar-refractivity contribution >= 4 is 17.5 Å². The molecule has 2 N–H and O–H groups in total. The Morgan fingerprint density at radius 1 is 0.800 bits per heavy atom. The number of aromatic amines is 1. The number of aromatic nitrogens is 1. The molecule has 0 unspecified atom stereocenters. The summed E-state index contributed by atoms with van der Waals surface area (Å²) >= 11 is 5.95. The van der Waals surface area contributed by atoms with Crippen molar-refractivity contribution in [2.75, 3.05) is 0 Å². The van der Waals surface area contributed by atoms with Crippen molar-refractivity contribution in [3.8, 4) is 22.4 Å². The maximum Gasteiger partial charge on any atom is 0.261 e. The van der Waals surface area contributed by atoms with E-state index >= 15 is 0 Å². The van der Waals surface area contributed by atoms with E-state index in [1.54, 1.807) is 24.3 Å². The van der Waals surface area contributed by atoms with Gasteiger partial charge in [0.05, 0.1) is 0 Å². The lowest BCUT2D eigenvalue weighted by Gasteiger charge is -2.08. The van der Waals surface area contributed by atoms with Gasteiger partial charge in [-0.1, -0.05) is 78.3 Å². The molecule has 0 aliphatic heterocycles. The minimum absolute atomic E-state index is 0.0710. The van der Waals surface area contributed by atoms with Gasteiger partial charge in [-0.15, -0.1) is 0 Å². The van der Waals surface area contributed by atoms with E-state index in [4.69, 9.17) is 11.6 Å². The highest BCUT2D eigenvalue weighted by Crippen LogP contribution is 2.23. The molecule has 5 heteroatoms. The lowest BCUT2D eigenvalue weighted by molar-refractivity contribution is 0.0949. The van der Waals surface area contributed by atoms with Crippen LogP contribution in [0.1, 0.15) is 15.9 Å². The zero-order chi connectivity index (χ0) is 20.9. The van der Waals surface area contributed by atoms with Gasteiger partial charge in [0.25, 0.3) is 11.5 Å². The SMILES string of the molecule is O=C(NCc1cccc(Cl)c1)c1ccc(-c2ccc(-c3ccccc3)cc2)[nH]c1=O. The van der Waals surface area contributed by atoms with Gasteiger partial charge in [-0.05, 0) is 46.5 Å². The molecule has 3 aromatic carbocycles. The molecule has 0 aliphatic carbocycles. The van der Waals surface area contributed by atoms with Gasteiger partial charge >= 0.3 is 0 Å². The number of hydrogen-bond acceptors (Lipinski definition) is 2. The van der Waals surface area contributed by atoms with Crippen molar-refractivity contribution in [1.29, 1.82) is 0 Å². The average Bonchev–Trinajstić information content (AvgIpc) is 2.78. The second-order valence-corrected chi connectivity index (χ2v) is 7.31. The van der Waals surface area contributed by atoms with E-state index in [0.29, 0.717) is 17.3 Å². The van der Waals surface area contributed by atoms with Gasteiger partial charge in [0.1, 0.15) is 5.56 Å². The van der Waals surface area contributed by atoms with Crippen molar-refractivity contribution < 1.29 is 4.79 Å². The van der Waals surface area contributed by atoms with Crippen LogP contribution in [0.3, 0.4) is 0 Å². The Morgan fingerprint density at radius 2 is 1.50 bits per heavy atom. The summed E-state index contributed by atoms with van der Waals surface area (Å²) in [6.45, 7) is 0.293. The maximum atomic E-state index is 12.5. The summed E-state index contributed by atoms with van der Waals surface area (Å²) in [5, 5.41) is 3.35. The van der Waals surface area contributed by atoms with Crippen molar-refractivity contribution in [1.82, 2.24) is 10.3 Å². The molecule has 1 aromatic heterocycles. The average molecular weight is 415 g/mol. The Kier molecular flexibility index (Phi) is 5.77. The maximum absolute atomic E-state index is 12.5. The molecule has 0 atom stereocenters. The summed E-state index contributed by atoms with van der Waals surface area (Å²) in [5.41, 5.74) is 4.26. The minimum Gasteiger partial charge on any atom is -0.348 e. The van der Waals surface area contributed by atoms with Gasteiger partial charge in [0.15, 0.2) is 0 Å². The second-order valence-electron chi connectivity index (χ2n) is 6.87. The number of hydrogen-bond donors (Lipinski definition) is 2. The van der Waals surface area contributed by atoms with Crippen molar-refractivity contribution in [2.24, 2.45) is 0 Å². The molecule has 30 heavy (non-hydrogen) atoms. The van der Waals surface area contributed by atoms with Crippen LogP contribution in [0.25, 0.3) is 22.4 Å². The number of halogens is 1. The Morgan fingerprint density at radius 3 is 2.20 bits per heavy atom. The van der Waals surface area contributed by atoms with Gasteiger partial charge in [0, 0.05) is 17.3 Å². The summed E-state index contributed by atoms with van der Waals surface area (Å²) in [6, 6.07) is 28.5. The van der Waals surface area contributed by atoms with Crippen LogP contribution < -0.4 is 10.9 Å². The number of H-pyrrole nitrogens is 1. The van der Waals surface area contributed by atoms with Gasteiger partial charge in [-0.3, -0.25) is 9.59 Å². The van der Waals surface area contributed by atoms with Crippen LogP contribution in [-0.4, -0.2) is 10.9 Å². The molecule has 0 saturated heterocycles. The Hall–Kier alpha value is -3.63. The van der Waals surface area contributed by atoms with E-state index < -0.39 is 11.5 Å². The lowest BCUT2D eigenvalue weighted by atomic mass is 10.0. The Labute approximate surface area is 179 Å². The molecule has 0 fully saturated rings. The summed E-state index contributed by atoms with van der Waals surface area (Å²) in [5.74, 6) is -0.429. The van der Waals surface area contributed by atoms with E-state index in [0.717, 1.165) is 22.3 Å². The van der Waals surface area contributed by atoms with Crippen LogP contribution >= 0.6 is 11.6 Å². The lowest BCUT2D eigenvalue weighted by Crippen LogP contribution is -2.29. The molecule has 0 bridgehead atoms.